The number of fused-ring (bicyclic) bond motifs is 1. The van der Waals surface area contributed by atoms with Gasteiger partial charge in [0.1, 0.15) is 29.2 Å². The second-order valence-electron chi connectivity index (χ2n) is 6.47. The van der Waals surface area contributed by atoms with Crippen molar-refractivity contribution < 1.29 is 9.13 Å². The maximum atomic E-state index is 13.3. The van der Waals surface area contributed by atoms with Gasteiger partial charge in [0.05, 0.1) is 7.11 Å². The van der Waals surface area contributed by atoms with Crippen LogP contribution in [0, 0.1) is 5.82 Å². The van der Waals surface area contributed by atoms with Crippen molar-refractivity contribution in [2.45, 2.75) is 6.42 Å². The van der Waals surface area contributed by atoms with Gasteiger partial charge in [0.25, 0.3) is 0 Å². The minimum Gasteiger partial charge on any atom is -0.494 e. The van der Waals surface area contributed by atoms with Crippen molar-refractivity contribution in [2.24, 2.45) is 0 Å². The summed E-state index contributed by atoms with van der Waals surface area (Å²) in [5, 5.41) is 4.28. The first-order chi connectivity index (χ1) is 13.7. The molecule has 0 atom stereocenters. The molecule has 0 fully saturated rings. The van der Waals surface area contributed by atoms with Gasteiger partial charge in [-0.25, -0.2) is 14.4 Å². The summed E-state index contributed by atoms with van der Waals surface area (Å²) in [5.41, 5.74) is 3.83. The van der Waals surface area contributed by atoms with Gasteiger partial charge in [0, 0.05) is 11.9 Å². The van der Waals surface area contributed by atoms with Crippen LogP contribution < -0.4 is 10.1 Å². The molecule has 0 saturated carbocycles. The molecular weight excluding hydrogens is 353 g/mol. The van der Waals surface area contributed by atoms with Crippen molar-refractivity contribution in [2.75, 3.05) is 19.0 Å². The van der Waals surface area contributed by atoms with Crippen molar-refractivity contribution in [3.63, 3.8) is 0 Å². The van der Waals surface area contributed by atoms with E-state index >= 15 is 0 Å². The molecule has 140 valence electrons. The van der Waals surface area contributed by atoms with Crippen LogP contribution in [0.25, 0.3) is 22.0 Å². The molecular formula is C23H20FN3O. The number of benzene rings is 3. The summed E-state index contributed by atoms with van der Waals surface area (Å²) in [6.07, 6.45) is 2.42. The van der Waals surface area contributed by atoms with E-state index in [9.17, 15) is 4.39 Å². The smallest absolute Gasteiger partial charge is 0.145 e. The van der Waals surface area contributed by atoms with Crippen LogP contribution in [-0.2, 0) is 6.42 Å². The Labute approximate surface area is 163 Å². The molecule has 1 aromatic heterocycles. The van der Waals surface area contributed by atoms with E-state index in [2.05, 4.69) is 27.4 Å². The monoisotopic (exact) mass is 373 g/mol. The normalized spacial score (nSPS) is 10.8. The van der Waals surface area contributed by atoms with Crippen LogP contribution in [0.3, 0.4) is 0 Å². The van der Waals surface area contributed by atoms with Crippen molar-refractivity contribution in [3.05, 3.63) is 84.4 Å². The van der Waals surface area contributed by atoms with Crippen LogP contribution in [-0.4, -0.2) is 23.6 Å². The maximum Gasteiger partial charge on any atom is 0.145 e. The van der Waals surface area contributed by atoms with E-state index in [1.807, 2.05) is 30.3 Å². The lowest BCUT2D eigenvalue weighted by molar-refractivity contribution is 0.419. The number of anilines is 1. The molecule has 3 aromatic carbocycles. The Morgan fingerprint density at radius 2 is 1.71 bits per heavy atom. The third-order valence-electron chi connectivity index (χ3n) is 4.65. The largest absolute Gasteiger partial charge is 0.494 e. The molecule has 0 spiro atoms. The fraction of sp³-hybridized carbons (Fsp3) is 0.130. The SMILES string of the molecule is COc1cc(-c2ccc(F)cc2)cc2c(NCCc3ccccc3)ncnc12. The van der Waals surface area contributed by atoms with Gasteiger partial charge in [-0.1, -0.05) is 42.5 Å². The van der Waals surface area contributed by atoms with Gasteiger partial charge in [0.2, 0.25) is 0 Å². The van der Waals surface area contributed by atoms with Gasteiger partial charge in [-0.05, 0) is 47.4 Å². The Morgan fingerprint density at radius 1 is 0.929 bits per heavy atom. The number of methoxy groups -OCH3 is 1. The third kappa shape index (κ3) is 3.78. The van der Waals surface area contributed by atoms with Crippen LogP contribution in [0.5, 0.6) is 5.75 Å². The molecule has 0 bridgehead atoms. The number of halogens is 1. The average molecular weight is 373 g/mol. The molecule has 5 heteroatoms. The molecule has 4 nitrogen and oxygen atoms in total. The second-order valence-corrected chi connectivity index (χ2v) is 6.47. The van der Waals surface area contributed by atoms with Crippen molar-refractivity contribution >= 4 is 16.7 Å². The predicted octanol–water partition coefficient (Wildman–Crippen LogP) is 5.10. The Morgan fingerprint density at radius 3 is 2.46 bits per heavy atom. The van der Waals surface area contributed by atoms with E-state index in [4.69, 9.17) is 4.74 Å². The number of hydrogen-bond donors (Lipinski definition) is 1. The minimum atomic E-state index is -0.261. The Bertz CT molecular complexity index is 1080. The molecule has 28 heavy (non-hydrogen) atoms. The van der Waals surface area contributed by atoms with Crippen LogP contribution in [0.4, 0.5) is 10.2 Å². The number of hydrogen-bond acceptors (Lipinski definition) is 4. The van der Waals surface area contributed by atoms with E-state index < -0.39 is 0 Å². The van der Waals surface area contributed by atoms with Gasteiger partial charge in [-0.2, -0.15) is 0 Å². The molecule has 0 aliphatic heterocycles. The standard InChI is InChI=1S/C23H20FN3O/c1-28-21-14-18(17-7-9-19(24)10-8-17)13-20-22(21)26-15-27-23(20)25-12-11-16-5-3-2-4-6-16/h2-10,13-15H,11-12H2,1H3,(H,25,26,27). The van der Waals surface area contributed by atoms with E-state index in [1.54, 1.807) is 19.2 Å². The van der Waals surface area contributed by atoms with E-state index in [1.165, 1.54) is 24.0 Å². The van der Waals surface area contributed by atoms with Gasteiger partial charge < -0.3 is 10.1 Å². The number of nitrogens with one attached hydrogen (secondary N) is 1. The highest BCUT2D eigenvalue weighted by Crippen LogP contribution is 2.34. The van der Waals surface area contributed by atoms with E-state index in [0.29, 0.717) is 5.75 Å². The van der Waals surface area contributed by atoms with E-state index in [0.717, 1.165) is 40.8 Å². The summed E-state index contributed by atoms with van der Waals surface area (Å²) in [6.45, 7) is 0.749. The van der Waals surface area contributed by atoms with Crippen LogP contribution in [0.2, 0.25) is 0 Å². The number of rotatable bonds is 6. The molecule has 4 aromatic rings. The van der Waals surface area contributed by atoms with E-state index in [-0.39, 0.29) is 5.82 Å². The first-order valence-electron chi connectivity index (χ1n) is 9.11. The topological polar surface area (TPSA) is 47.0 Å². The second kappa shape index (κ2) is 8.05. The highest BCUT2D eigenvalue weighted by molar-refractivity contribution is 5.96. The number of aromatic nitrogens is 2. The average Bonchev–Trinajstić information content (AvgIpc) is 2.74. The summed E-state index contributed by atoms with van der Waals surface area (Å²) >= 11 is 0. The molecule has 1 heterocycles. The van der Waals surface area contributed by atoms with Gasteiger partial charge >= 0.3 is 0 Å². The molecule has 1 N–H and O–H groups in total. The number of ether oxygens (including phenoxy) is 1. The summed E-state index contributed by atoms with van der Waals surface area (Å²) in [7, 11) is 1.62. The molecule has 4 rings (SSSR count). The lowest BCUT2D eigenvalue weighted by Crippen LogP contribution is -2.07. The molecule has 0 aliphatic carbocycles. The van der Waals surface area contributed by atoms with Gasteiger partial charge in [-0.15, -0.1) is 0 Å². The summed E-state index contributed by atoms with van der Waals surface area (Å²) in [5.74, 6) is 1.15. The van der Waals surface area contributed by atoms with Crippen molar-refractivity contribution in [1.82, 2.24) is 9.97 Å². The zero-order valence-electron chi connectivity index (χ0n) is 15.5. The van der Waals surface area contributed by atoms with Crippen LogP contribution in [0.1, 0.15) is 5.56 Å². The lowest BCUT2D eigenvalue weighted by atomic mass is 10.0. The van der Waals surface area contributed by atoms with Crippen molar-refractivity contribution in [3.8, 4) is 16.9 Å². The van der Waals surface area contributed by atoms with Crippen LogP contribution in [0.15, 0.2) is 73.1 Å². The zero-order chi connectivity index (χ0) is 19.3. The first kappa shape index (κ1) is 17.9. The first-order valence-corrected chi connectivity index (χ1v) is 9.11. The Kier molecular flexibility index (Phi) is 5.15. The summed E-state index contributed by atoms with van der Waals surface area (Å²) < 4.78 is 18.8. The predicted molar refractivity (Wildman–Crippen MR) is 110 cm³/mol. The fourth-order valence-electron chi connectivity index (χ4n) is 3.21. The Hall–Kier alpha value is -3.47. The van der Waals surface area contributed by atoms with Crippen molar-refractivity contribution in [1.29, 1.82) is 0 Å². The Balaban J connectivity index is 1.68. The highest BCUT2D eigenvalue weighted by Gasteiger charge is 2.12. The maximum absolute atomic E-state index is 13.3. The summed E-state index contributed by atoms with van der Waals surface area (Å²) in [6, 6.07) is 20.6. The van der Waals surface area contributed by atoms with Crippen LogP contribution >= 0.6 is 0 Å². The lowest BCUT2D eigenvalue weighted by Gasteiger charge is -2.13. The molecule has 0 unspecified atom stereocenters. The van der Waals surface area contributed by atoms with Gasteiger partial charge in [-0.3, -0.25) is 0 Å². The highest BCUT2D eigenvalue weighted by atomic mass is 19.1. The third-order valence-corrected chi connectivity index (χ3v) is 4.65. The fourth-order valence-corrected chi connectivity index (χ4v) is 3.21. The van der Waals surface area contributed by atoms with Gasteiger partial charge in [0.15, 0.2) is 0 Å². The minimum absolute atomic E-state index is 0.261. The number of nitrogens with zero attached hydrogens (tertiary/aromatic N) is 2. The molecule has 0 radical (unpaired) electrons. The quantitative estimate of drug-likeness (QED) is 0.511. The molecule has 0 amide bonds. The molecule has 0 aliphatic rings. The zero-order valence-corrected chi connectivity index (χ0v) is 15.5. The molecule has 0 saturated heterocycles. The summed E-state index contributed by atoms with van der Waals surface area (Å²) in [4.78, 5) is 8.82.